The Morgan fingerprint density at radius 3 is 2.14 bits per heavy atom. The van der Waals surface area contributed by atoms with E-state index in [1.807, 2.05) is 32.9 Å². The van der Waals surface area contributed by atoms with E-state index >= 15 is 0 Å². The van der Waals surface area contributed by atoms with Gasteiger partial charge in [-0.3, -0.25) is 4.79 Å². The standard InChI is InChI=1S/C23H38N2O3S/c1-16(2)8-7-9-20(6)24-23(26)21-10-12-25(13-11-21)29(27,28)22-18(4)14-17(3)15-19(22)5/h14-16,20-21H,7-13H2,1-6H3,(H,24,26). The number of amides is 1. The van der Waals surface area contributed by atoms with Gasteiger partial charge < -0.3 is 5.32 Å². The van der Waals surface area contributed by atoms with Gasteiger partial charge in [-0.05, 0) is 64.0 Å². The van der Waals surface area contributed by atoms with E-state index in [4.69, 9.17) is 0 Å². The van der Waals surface area contributed by atoms with Crippen LogP contribution >= 0.6 is 0 Å². The summed E-state index contributed by atoms with van der Waals surface area (Å²) in [7, 11) is -3.53. The highest BCUT2D eigenvalue weighted by Crippen LogP contribution is 2.29. The Morgan fingerprint density at radius 2 is 1.62 bits per heavy atom. The van der Waals surface area contributed by atoms with Crippen molar-refractivity contribution >= 4 is 15.9 Å². The number of benzene rings is 1. The molecule has 1 N–H and O–H groups in total. The van der Waals surface area contributed by atoms with Crippen LogP contribution in [0.3, 0.4) is 0 Å². The molecule has 0 aliphatic carbocycles. The van der Waals surface area contributed by atoms with Crippen LogP contribution in [-0.4, -0.2) is 37.8 Å². The minimum Gasteiger partial charge on any atom is -0.353 e. The molecular formula is C23H38N2O3S. The molecule has 0 saturated carbocycles. The largest absolute Gasteiger partial charge is 0.353 e. The predicted octanol–water partition coefficient (Wildman–Crippen LogP) is 4.34. The molecule has 0 aromatic heterocycles. The van der Waals surface area contributed by atoms with Crippen molar-refractivity contribution in [2.24, 2.45) is 11.8 Å². The molecule has 1 aliphatic heterocycles. The van der Waals surface area contributed by atoms with E-state index in [0.29, 0.717) is 36.7 Å². The Kier molecular flexibility index (Phi) is 8.29. The molecule has 0 radical (unpaired) electrons. The van der Waals surface area contributed by atoms with Crippen LogP contribution < -0.4 is 5.32 Å². The van der Waals surface area contributed by atoms with Gasteiger partial charge in [-0.15, -0.1) is 0 Å². The summed E-state index contributed by atoms with van der Waals surface area (Å²) in [6, 6.07) is 4.00. The zero-order valence-corrected chi connectivity index (χ0v) is 19.7. The Bertz CT molecular complexity index is 786. The smallest absolute Gasteiger partial charge is 0.243 e. The molecule has 1 fully saturated rings. The molecule has 29 heavy (non-hydrogen) atoms. The van der Waals surface area contributed by atoms with Crippen molar-refractivity contribution < 1.29 is 13.2 Å². The van der Waals surface area contributed by atoms with Gasteiger partial charge in [0.1, 0.15) is 0 Å². The van der Waals surface area contributed by atoms with E-state index < -0.39 is 10.0 Å². The fraction of sp³-hybridized carbons (Fsp3) is 0.696. The van der Waals surface area contributed by atoms with Crippen LogP contribution in [0.5, 0.6) is 0 Å². The summed E-state index contributed by atoms with van der Waals surface area (Å²) in [6.07, 6.45) is 4.43. The first kappa shape index (κ1) is 23.9. The minimum absolute atomic E-state index is 0.0711. The first-order valence-corrected chi connectivity index (χ1v) is 12.3. The van der Waals surface area contributed by atoms with Gasteiger partial charge in [0.2, 0.25) is 15.9 Å². The lowest BCUT2D eigenvalue weighted by Crippen LogP contribution is -2.45. The molecule has 1 heterocycles. The monoisotopic (exact) mass is 422 g/mol. The molecule has 1 aliphatic rings. The van der Waals surface area contributed by atoms with Crippen molar-refractivity contribution in [3.8, 4) is 0 Å². The maximum atomic E-state index is 13.2. The van der Waals surface area contributed by atoms with Crippen LogP contribution in [0.15, 0.2) is 17.0 Å². The summed E-state index contributed by atoms with van der Waals surface area (Å²) in [5.74, 6) is 0.654. The molecule has 1 atom stereocenters. The van der Waals surface area contributed by atoms with Gasteiger partial charge in [0, 0.05) is 25.0 Å². The quantitative estimate of drug-likeness (QED) is 0.677. The number of hydrogen-bond donors (Lipinski definition) is 1. The highest BCUT2D eigenvalue weighted by molar-refractivity contribution is 7.89. The first-order valence-electron chi connectivity index (χ1n) is 10.9. The van der Waals surface area contributed by atoms with Gasteiger partial charge in [-0.25, -0.2) is 8.42 Å². The van der Waals surface area contributed by atoms with Crippen molar-refractivity contribution in [3.63, 3.8) is 0 Å². The number of hydrogen-bond acceptors (Lipinski definition) is 3. The maximum Gasteiger partial charge on any atom is 0.243 e. The summed E-state index contributed by atoms with van der Waals surface area (Å²) in [5.41, 5.74) is 2.65. The topological polar surface area (TPSA) is 66.5 Å². The van der Waals surface area contributed by atoms with Gasteiger partial charge in [-0.1, -0.05) is 44.4 Å². The van der Waals surface area contributed by atoms with Crippen LogP contribution in [0.4, 0.5) is 0 Å². The lowest BCUT2D eigenvalue weighted by atomic mass is 9.96. The molecule has 1 unspecified atom stereocenters. The number of rotatable bonds is 8. The van der Waals surface area contributed by atoms with Gasteiger partial charge in [0.05, 0.1) is 4.90 Å². The fourth-order valence-electron chi connectivity index (χ4n) is 4.33. The second-order valence-electron chi connectivity index (χ2n) is 9.14. The van der Waals surface area contributed by atoms with E-state index in [1.165, 1.54) is 6.42 Å². The number of aryl methyl sites for hydroxylation is 3. The number of nitrogens with one attached hydrogen (secondary N) is 1. The van der Waals surface area contributed by atoms with Crippen LogP contribution in [0, 0.1) is 32.6 Å². The van der Waals surface area contributed by atoms with Crippen LogP contribution in [0.2, 0.25) is 0 Å². The zero-order valence-electron chi connectivity index (χ0n) is 18.9. The highest BCUT2D eigenvalue weighted by Gasteiger charge is 2.33. The van der Waals surface area contributed by atoms with Crippen molar-refractivity contribution in [3.05, 3.63) is 28.8 Å². The van der Waals surface area contributed by atoms with Crippen molar-refractivity contribution in [1.82, 2.24) is 9.62 Å². The summed E-state index contributed by atoms with van der Waals surface area (Å²) >= 11 is 0. The summed E-state index contributed by atoms with van der Waals surface area (Å²) in [6.45, 7) is 13.0. The van der Waals surface area contributed by atoms with Crippen molar-refractivity contribution in [1.29, 1.82) is 0 Å². The average Bonchev–Trinajstić information content (AvgIpc) is 2.60. The van der Waals surface area contributed by atoms with E-state index in [0.717, 1.165) is 29.5 Å². The van der Waals surface area contributed by atoms with Crippen molar-refractivity contribution in [2.75, 3.05) is 13.1 Å². The highest BCUT2D eigenvalue weighted by atomic mass is 32.2. The molecule has 2 rings (SSSR count). The zero-order chi connectivity index (χ0) is 21.8. The van der Waals surface area contributed by atoms with Crippen LogP contribution in [0.1, 0.15) is 69.6 Å². The van der Waals surface area contributed by atoms with Crippen LogP contribution in [-0.2, 0) is 14.8 Å². The molecule has 6 heteroatoms. The second kappa shape index (κ2) is 10.1. The average molecular weight is 423 g/mol. The molecule has 1 amide bonds. The summed E-state index contributed by atoms with van der Waals surface area (Å²) < 4.78 is 27.9. The number of piperidine rings is 1. The summed E-state index contributed by atoms with van der Waals surface area (Å²) in [5, 5.41) is 3.13. The lowest BCUT2D eigenvalue weighted by Gasteiger charge is -2.32. The molecule has 0 bridgehead atoms. The number of carbonyl (C=O) groups excluding carboxylic acids is 1. The normalized spacial score (nSPS) is 17.5. The molecule has 0 spiro atoms. The third kappa shape index (κ3) is 6.29. The van der Waals surface area contributed by atoms with Gasteiger partial charge >= 0.3 is 0 Å². The fourth-order valence-corrected chi connectivity index (χ4v) is 6.21. The molecule has 164 valence electrons. The third-order valence-electron chi connectivity index (χ3n) is 5.83. The van der Waals surface area contributed by atoms with E-state index in [1.54, 1.807) is 4.31 Å². The Balaban J connectivity index is 1.94. The summed E-state index contributed by atoms with van der Waals surface area (Å²) in [4.78, 5) is 13.0. The molecular weight excluding hydrogens is 384 g/mol. The maximum absolute atomic E-state index is 13.2. The lowest BCUT2D eigenvalue weighted by molar-refractivity contribution is -0.126. The predicted molar refractivity (Wildman–Crippen MR) is 118 cm³/mol. The van der Waals surface area contributed by atoms with Gasteiger partial charge in [-0.2, -0.15) is 4.31 Å². The number of carbonyl (C=O) groups is 1. The van der Waals surface area contributed by atoms with Gasteiger partial charge in [0.25, 0.3) is 0 Å². The van der Waals surface area contributed by atoms with E-state index in [2.05, 4.69) is 26.1 Å². The van der Waals surface area contributed by atoms with E-state index in [9.17, 15) is 13.2 Å². The van der Waals surface area contributed by atoms with Gasteiger partial charge in [0.15, 0.2) is 0 Å². The molecule has 1 aromatic carbocycles. The Morgan fingerprint density at radius 1 is 1.07 bits per heavy atom. The van der Waals surface area contributed by atoms with Crippen LogP contribution in [0.25, 0.3) is 0 Å². The second-order valence-corrected chi connectivity index (χ2v) is 11.0. The first-order chi connectivity index (χ1) is 13.5. The van der Waals surface area contributed by atoms with E-state index in [-0.39, 0.29) is 17.9 Å². The SMILES string of the molecule is Cc1cc(C)c(S(=O)(=O)N2CCC(C(=O)NC(C)CCCC(C)C)CC2)c(C)c1. The van der Waals surface area contributed by atoms with Crippen molar-refractivity contribution in [2.45, 2.75) is 84.6 Å². The Hall–Kier alpha value is -1.40. The molecule has 5 nitrogen and oxygen atoms in total. The number of sulfonamides is 1. The molecule has 1 aromatic rings. The minimum atomic E-state index is -3.53. The Labute approximate surface area is 177 Å². The number of nitrogens with zero attached hydrogens (tertiary/aromatic N) is 1. The third-order valence-corrected chi connectivity index (χ3v) is 8.04. The molecule has 1 saturated heterocycles.